The molecule has 0 aliphatic carbocycles. The molecule has 0 aliphatic heterocycles. The van der Waals surface area contributed by atoms with Crippen molar-refractivity contribution in [2.75, 3.05) is 6.61 Å². The minimum atomic E-state index is -0.347. The summed E-state index contributed by atoms with van der Waals surface area (Å²) in [5.74, 6) is 0.744. The van der Waals surface area contributed by atoms with Crippen molar-refractivity contribution in [1.29, 1.82) is 0 Å². The van der Waals surface area contributed by atoms with Gasteiger partial charge < -0.3 is 9.84 Å². The second-order valence-electron chi connectivity index (χ2n) is 3.97. The maximum atomic E-state index is 9.14. The van der Waals surface area contributed by atoms with Crippen molar-refractivity contribution in [2.45, 2.75) is 19.4 Å². The van der Waals surface area contributed by atoms with Crippen molar-refractivity contribution in [2.24, 2.45) is 0 Å². The minimum Gasteiger partial charge on any atom is -0.493 e. The number of hydrogen-bond donors (Lipinski definition) is 1. The third-order valence-corrected chi connectivity index (χ3v) is 2.79. The molecule has 1 heterocycles. The van der Waals surface area contributed by atoms with Gasteiger partial charge in [0, 0.05) is 18.0 Å². The van der Waals surface area contributed by atoms with Crippen molar-refractivity contribution >= 4 is 22.4 Å². The zero-order valence-corrected chi connectivity index (χ0v) is 10.3. The van der Waals surface area contributed by atoms with E-state index in [0.717, 1.165) is 16.5 Å². The fraction of sp³-hybridized carbons (Fsp3) is 0.308. The van der Waals surface area contributed by atoms with Gasteiger partial charge in [0.2, 0.25) is 0 Å². The number of ether oxygens (including phenoxy) is 1. The zero-order valence-electron chi connectivity index (χ0n) is 9.56. The highest BCUT2D eigenvalue weighted by Gasteiger charge is 2.02. The molecule has 0 spiro atoms. The number of benzene rings is 1. The Hall–Kier alpha value is -1.32. The molecule has 0 saturated carbocycles. The first kappa shape index (κ1) is 12.1. The normalized spacial score (nSPS) is 12.6. The van der Waals surface area contributed by atoms with Crippen LogP contribution in [0.3, 0.4) is 0 Å². The quantitative estimate of drug-likeness (QED) is 0.850. The number of nitrogens with zero attached hydrogens (tertiary/aromatic N) is 1. The van der Waals surface area contributed by atoms with E-state index in [-0.39, 0.29) is 6.10 Å². The maximum absolute atomic E-state index is 9.14. The van der Waals surface area contributed by atoms with E-state index in [9.17, 15) is 0 Å². The van der Waals surface area contributed by atoms with Crippen LogP contribution >= 0.6 is 11.6 Å². The van der Waals surface area contributed by atoms with E-state index in [1.807, 2.05) is 24.3 Å². The van der Waals surface area contributed by atoms with Gasteiger partial charge in [0.25, 0.3) is 0 Å². The van der Waals surface area contributed by atoms with Crippen molar-refractivity contribution in [3.8, 4) is 5.75 Å². The number of pyridine rings is 1. The predicted molar refractivity (Wildman–Crippen MR) is 68.5 cm³/mol. The monoisotopic (exact) mass is 251 g/mol. The first-order valence-electron chi connectivity index (χ1n) is 5.52. The van der Waals surface area contributed by atoms with E-state index in [0.29, 0.717) is 18.2 Å². The Morgan fingerprint density at radius 1 is 1.41 bits per heavy atom. The van der Waals surface area contributed by atoms with Gasteiger partial charge in [0.1, 0.15) is 10.9 Å². The molecule has 2 aromatic rings. The molecule has 1 aromatic heterocycles. The second-order valence-corrected chi connectivity index (χ2v) is 4.33. The molecule has 1 unspecified atom stereocenters. The molecule has 1 aromatic carbocycles. The van der Waals surface area contributed by atoms with Gasteiger partial charge in [0.15, 0.2) is 0 Å². The van der Waals surface area contributed by atoms with Crippen LogP contribution in [0.1, 0.15) is 13.3 Å². The predicted octanol–water partition coefficient (Wildman–Crippen LogP) is 3.04. The topological polar surface area (TPSA) is 42.4 Å². The lowest BCUT2D eigenvalue weighted by Crippen LogP contribution is -2.07. The van der Waals surface area contributed by atoms with Crippen LogP contribution in [0.15, 0.2) is 30.5 Å². The molecule has 0 bridgehead atoms. The molecule has 0 aliphatic rings. The van der Waals surface area contributed by atoms with E-state index in [1.54, 1.807) is 13.1 Å². The molecule has 1 atom stereocenters. The molecule has 17 heavy (non-hydrogen) atoms. The van der Waals surface area contributed by atoms with Gasteiger partial charge in [-0.2, -0.15) is 0 Å². The maximum Gasteiger partial charge on any atom is 0.136 e. The second kappa shape index (κ2) is 5.34. The average Bonchev–Trinajstić information content (AvgIpc) is 2.30. The van der Waals surface area contributed by atoms with Gasteiger partial charge in [0.05, 0.1) is 12.7 Å². The lowest BCUT2D eigenvalue weighted by atomic mass is 10.2. The van der Waals surface area contributed by atoms with Gasteiger partial charge in [-0.1, -0.05) is 17.7 Å². The van der Waals surface area contributed by atoms with Gasteiger partial charge in [-0.15, -0.1) is 0 Å². The number of halogens is 1. The first-order chi connectivity index (χ1) is 8.16. The van der Waals surface area contributed by atoms with E-state index < -0.39 is 0 Å². The van der Waals surface area contributed by atoms with Crippen molar-refractivity contribution in [3.05, 3.63) is 35.6 Å². The van der Waals surface area contributed by atoms with Crippen LogP contribution in [0.5, 0.6) is 5.75 Å². The summed E-state index contributed by atoms with van der Waals surface area (Å²) in [6.07, 6.45) is 1.94. The number of hydrogen-bond acceptors (Lipinski definition) is 3. The summed E-state index contributed by atoms with van der Waals surface area (Å²) in [6.45, 7) is 2.23. The number of aromatic nitrogens is 1. The van der Waals surface area contributed by atoms with Crippen LogP contribution in [0.25, 0.3) is 10.8 Å². The Bertz CT molecular complexity index is 514. The van der Waals surface area contributed by atoms with Crippen LogP contribution in [-0.4, -0.2) is 22.8 Å². The van der Waals surface area contributed by atoms with Gasteiger partial charge in [-0.3, -0.25) is 0 Å². The molecule has 0 radical (unpaired) electrons. The Morgan fingerprint density at radius 2 is 2.24 bits per heavy atom. The summed E-state index contributed by atoms with van der Waals surface area (Å²) in [6, 6.07) is 7.61. The zero-order chi connectivity index (χ0) is 12.3. The number of aliphatic hydroxyl groups excluding tert-OH is 1. The Balaban J connectivity index is 2.17. The van der Waals surface area contributed by atoms with E-state index >= 15 is 0 Å². The van der Waals surface area contributed by atoms with Gasteiger partial charge >= 0.3 is 0 Å². The molecule has 0 fully saturated rings. The van der Waals surface area contributed by atoms with Crippen LogP contribution < -0.4 is 4.74 Å². The molecule has 2 rings (SSSR count). The highest BCUT2D eigenvalue weighted by atomic mass is 35.5. The molecule has 4 heteroatoms. The summed E-state index contributed by atoms with van der Waals surface area (Å²) >= 11 is 6.01. The SMILES string of the molecule is CC(O)CCOc1ccc2ccnc(Cl)c2c1. The van der Waals surface area contributed by atoms with Gasteiger partial charge in [-0.25, -0.2) is 4.98 Å². The minimum absolute atomic E-state index is 0.347. The third kappa shape index (κ3) is 3.08. The van der Waals surface area contributed by atoms with Crippen LogP contribution in [-0.2, 0) is 0 Å². The Labute approximate surface area is 105 Å². The van der Waals surface area contributed by atoms with E-state index in [2.05, 4.69) is 4.98 Å². The van der Waals surface area contributed by atoms with Crippen LogP contribution in [0.2, 0.25) is 5.15 Å². The summed E-state index contributed by atoms with van der Waals surface area (Å²) in [5.41, 5.74) is 0. The number of fused-ring (bicyclic) bond motifs is 1. The Kier molecular flexibility index (Phi) is 3.82. The molecule has 90 valence electrons. The lowest BCUT2D eigenvalue weighted by molar-refractivity contribution is 0.155. The third-order valence-electron chi connectivity index (χ3n) is 2.49. The number of aliphatic hydroxyl groups is 1. The molecule has 0 amide bonds. The summed E-state index contributed by atoms with van der Waals surface area (Å²) in [4.78, 5) is 4.03. The molecular weight excluding hydrogens is 238 g/mol. The fourth-order valence-corrected chi connectivity index (χ4v) is 1.77. The van der Waals surface area contributed by atoms with E-state index in [1.165, 1.54) is 0 Å². The fourth-order valence-electron chi connectivity index (χ4n) is 1.55. The standard InChI is InChI=1S/C13H14ClNO2/c1-9(16)5-7-17-11-3-2-10-4-6-15-13(14)12(10)8-11/h2-4,6,8-9,16H,5,7H2,1H3. The largest absolute Gasteiger partial charge is 0.493 e. The first-order valence-corrected chi connectivity index (χ1v) is 5.90. The highest BCUT2D eigenvalue weighted by molar-refractivity contribution is 6.34. The summed E-state index contributed by atoms with van der Waals surface area (Å²) in [5, 5.41) is 11.5. The number of rotatable bonds is 4. The van der Waals surface area contributed by atoms with Crippen molar-refractivity contribution in [1.82, 2.24) is 4.98 Å². The molecule has 0 saturated heterocycles. The average molecular weight is 252 g/mol. The van der Waals surface area contributed by atoms with Crippen LogP contribution in [0.4, 0.5) is 0 Å². The molecule has 1 N–H and O–H groups in total. The Morgan fingerprint density at radius 3 is 3.00 bits per heavy atom. The van der Waals surface area contributed by atoms with E-state index in [4.69, 9.17) is 21.4 Å². The smallest absolute Gasteiger partial charge is 0.136 e. The molecular formula is C13H14ClNO2. The summed E-state index contributed by atoms with van der Waals surface area (Å²) < 4.78 is 5.53. The summed E-state index contributed by atoms with van der Waals surface area (Å²) in [7, 11) is 0. The van der Waals surface area contributed by atoms with Crippen molar-refractivity contribution < 1.29 is 9.84 Å². The van der Waals surface area contributed by atoms with Crippen LogP contribution in [0, 0.1) is 0 Å². The highest BCUT2D eigenvalue weighted by Crippen LogP contribution is 2.25. The molecule has 3 nitrogen and oxygen atoms in total. The van der Waals surface area contributed by atoms with Gasteiger partial charge in [-0.05, 0) is 30.5 Å². The lowest BCUT2D eigenvalue weighted by Gasteiger charge is -2.08. The van der Waals surface area contributed by atoms with Crippen molar-refractivity contribution in [3.63, 3.8) is 0 Å².